The number of likely N-dealkylation sites (tertiary alicyclic amines) is 1. The number of rotatable bonds is 7. The summed E-state index contributed by atoms with van der Waals surface area (Å²) in [5.41, 5.74) is 1.18. The van der Waals surface area contributed by atoms with Crippen LogP contribution in [0.1, 0.15) is 36.6 Å². The second kappa shape index (κ2) is 13.1. The van der Waals surface area contributed by atoms with Crippen LogP contribution >= 0.6 is 0 Å². The SMILES string of the molecule is CCC(=O)N1CC[C@H](Nc2ncnc3c2CN(c2cnc(OC)c(C(F)(F)F)c2)CC3)C1.O=C(O)/C=C/C(=O)O. The molecular weight excluding hydrogens is 537 g/mol. The fraction of sp³-hybridized carbons (Fsp3) is 0.440. The van der Waals surface area contributed by atoms with Gasteiger partial charge >= 0.3 is 18.1 Å². The van der Waals surface area contributed by atoms with Crippen molar-refractivity contribution in [2.45, 2.75) is 44.9 Å². The molecule has 2 aromatic rings. The van der Waals surface area contributed by atoms with Crippen LogP contribution in [-0.4, -0.2) is 80.7 Å². The molecule has 12 nitrogen and oxygen atoms in total. The van der Waals surface area contributed by atoms with Crippen LogP contribution in [0, 0.1) is 0 Å². The Hall–Kier alpha value is -4.43. The maximum absolute atomic E-state index is 13.4. The van der Waals surface area contributed by atoms with Crippen LogP contribution in [0.3, 0.4) is 0 Å². The molecule has 0 bridgehead atoms. The van der Waals surface area contributed by atoms with E-state index in [-0.39, 0.29) is 11.9 Å². The van der Waals surface area contributed by atoms with Gasteiger partial charge in [0.2, 0.25) is 11.8 Å². The Morgan fingerprint density at radius 3 is 2.45 bits per heavy atom. The first-order valence-electron chi connectivity index (χ1n) is 12.3. The highest BCUT2D eigenvalue weighted by molar-refractivity contribution is 5.89. The molecule has 0 unspecified atom stereocenters. The number of hydrogen-bond donors (Lipinski definition) is 3. The van der Waals surface area contributed by atoms with Crippen molar-refractivity contribution in [3.63, 3.8) is 0 Å². The van der Waals surface area contributed by atoms with Crippen molar-refractivity contribution in [3.8, 4) is 5.88 Å². The van der Waals surface area contributed by atoms with Gasteiger partial charge < -0.3 is 30.1 Å². The van der Waals surface area contributed by atoms with Crippen molar-refractivity contribution in [2.24, 2.45) is 0 Å². The van der Waals surface area contributed by atoms with E-state index in [0.717, 1.165) is 23.7 Å². The summed E-state index contributed by atoms with van der Waals surface area (Å²) in [6, 6.07) is 1.14. The summed E-state index contributed by atoms with van der Waals surface area (Å²) in [5, 5.41) is 19.0. The molecule has 2 aliphatic heterocycles. The van der Waals surface area contributed by atoms with Crippen LogP contribution in [0.5, 0.6) is 5.88 Å². The second-order valence-electron chi connectivity index (χ2n) is 8.90. The van der Waals surface area contributed by atoms with E-state index in [1.54, 1.807) is 0 Å². The van der Waals surface area contributed by atoms with Crippen LogP contribution < -0.4 is 15.0 Å². The Balaban J connectivity index is 0.000000482. The van der Waals surface area contributed by atoms with Gasteiger partial charge in [0, 0.05) is 62.8 Å². The van der Waals surface area contributed by atoms with Gasteiger partial charge in [-0.05, 0) is 12.5 Å². The zero-order valence-corrected chi connectivity index (χ0v) is 21.8. The maximum Gasteiger partial charge on any atom is 0.421 e. The quantitative estimate of drug-likeness (QED) is 0.423. The fourth-order valence-corrected chi connectivity index (χ4v) is 4.33. The average Bonchev–Trinajstić information content (AvgIpc) is 3.39. The summed E-state index contributed by atoms with van der Waals surface area (Å²) in [6.45, 7) is 4.01. The number of carboxylic acid groups (broad SMARTS) is 2. The van der Waals surface area contributed by atoms with E-state index in [2.05, 4.69) is 20.3 Å². The third-order valence-corrected chi connectivity index (χ3v) is 6.26. The summed E-state index contributed by atoms with van der Waals surface area (Å²) < 4.78 is 45.1. The van der Waals surface area contributed by atoms with E-state index in [9.17, 15) is 27.6 Å². The van der Waals surface area contributed by atoms with E-state index in [4.69, 9.17) is 14.9 Å². The van der Waals surface area contributed by atoms with Crippen molar-refractivity contribution in [1.82, 2.24) is 19.9 Å². The molecule has 0 aromatic carbocycles. The molecule has 3 N–H and O–H groups in total. The summed E-state index contributed by atoms with van der Waals surface area (Å²) >= 11 is 0. The van der Waals surface area contributed by atoms with E-state index in [1.807, 2.05) is 16.7 Å². The number of amides is 1. The minimum absolute atomic E-state index is 0.0689. The van der Waals surface area contributed by atoms with Crippen molar-refractivity contribution in [2.75, 3.05) is 37.0 Å². The summed E-state index contributed by atoms with van der Waals surface area (Å²) in [5.74, 6) is -2.18. The number of aliphatic carboxylic acids is 2. The molecule has 0 saturated carbocycles. The summed E-state index contributed by atoms with van der Waals surface area (Å²) in [6.07, 6.45) is 1.29. The number of alkyl halides is 3. The highest BCUT2D eigenvalue weighted by Gasteiger charge is 2.36. The smallest absolute Gasteiger partial charge is 0.421 e. The first-order chi connectivity index (χ1) is 18.9. The molecule has 15 heteroatoms. The Kier molecular flexibility index (Phi) is 9.85. The van der Waals surface area contributed by atoms with Gasteiger partial charge in [-0.1, -0.05) is 6.92 Å². The van der Waals surface area contributed by atoms with Gasteiger partial charge in [-0.2, -0.15) is 13.2 Å². The van der Waals surface area contributed by atoms with Crippen molar-refractivity contribution >= 4 is 29.4 Å². The number of methoxy groups -OCH3 is 1. The number of pyridine rings is 1. The first kappa shape index (κ1) is 30.1. The van der Waals surface area contributed by atoms with Crippen LogP contribution in [0.4, 0.5) is 24.7 Å². The number of hydrogen-bond acceptors (Lipinski definition) is 9. The number of halogens is 3. The number of carbonyl (C=O) groups is 3. The summed E-state index contributed by atoms with van der Waals surface area (Å²) in [4.78, 5) is 47.4. The monoisotopic (exact) mass is 566 g/mol. The van der Waals surface area contributed by atoms with Crippen LogP contribution in [0.2, 0.25) is 0 Å². The van der Waals surface area contributed by atoms with Crippen molar-refractivity contribution < 1.29 is 42.5 Å². The minimum Gasteiger partial charge on any atom is -0.481 e. The number of fused-ring (bicyclic) bond motifs is 1. The highest BCUT2D eigenvalue weighted by Crippen LogP contribution is 2.38. The Labute approximate surface area is 227 Å². The highest BCUT2D eigenvalue weighted by atomic mass is 19.4. The lowest BCUT2D eigenvalue weighted by molar-refractivity contribution is -0.139. The molecule has 1 atom stereocenters. The van der Waals surface area contributed by atoms with Gasteiger partial charge in [0.05, 0.1) is 24.7 Å². The normalized spacial score (nSPS) is 16.7. The van der Waals surface area contributed by atoms with Crippen LogP contribution in [-0.2, 0) is 33.5 Å². The lowest BCUT2D eigenvalue weighted by Crippen LogP contribution is -2.34. The van der Waals surface area contributed by atoms with Gasteiger partial charge in [-0.25, -0.2) is 24.5 Å². The van der Waals surface area contributed by atoms with E-state index >= 15 is 0 Å². The molecular formula is C25H29F3N6O6. The van der Waals surface area contributed by atoms with E-state index < -0.39 is 29.6 Å². The molecule has 1 saturated heterocycles. The van der Waals surface area contributed by atoms with Crippen molar-refractivity contribution in [3.05, 3.63) is 47.6 Å². The first-order valence-corrected chi connectivity index (χ1v) is 12.3. The molecule has 0 aliphatic carbocycles. The largest absolute Gasteiger partial charge is 0.481 e. The number of ether oxygens (including phenoxy) is 1. The van der Waals surface area contributed by atoms with Gasteiger partial charge in [0.25, 0.3) is 0 Å². The fourth-order valence-electron chi connectivity index (χ4n) is 4.33. The van der Waals surface area contributed by atoms with Crippen LogP contribution in [0.25, 0.3) is 0 Å². The van der Waals surface area contributed by atoms with E-state index in [0.29, 0.717) is 62.7 Å². The predicted octanol–water partition coefficient (Wildman–Crippen LogP) is 2.60. The Bertz CT molecular complexity index is 1260. The lowest BCUT2D eigenvalue weighted by atomic mass is 10.0. The summed E-state index contributed by atoms with van der Waals surface area (Å²) in [7, 11) is 1.17. The zero-order chi connectivity index (χ0) is 29.4. The number of nitrogens with zero attached hydrogens (tertiary/aromatic N) is 5. The van der Waals surface area contributed by atoms with Gasteiger partial charge in [0.15, 0.2) is 0 Å². The van der Waals surface area contributed by atoms with Crippen LogP contribution in [0.15, 0.2) is 30.7 Å². The standard InChI is InChI=1S/C21H25F3N6O2.C4H4O4/c1-3-18(31)30-6-4-13(10-30)28-19-15-11-29(7-5-17(15)26-12-27-19)14-8-16(21(22,23)24)20(32-2)25-9-14;5-3(6)1-2-4(7)8/h8-9,12-13H,3-7,10-11H2,1-2H3,(H,26,27,28);1-2H,(H,5,6)(H,7,8)/b;2-1+/t13-;/m0./s1. The molecule has 4 rings (SSSR count). The predicted molar refractivity (Wildman–Crippen MR) is 136 cm³/mol. The Morgan fingerprint density at radius 2 is 1.85 bits per heavy atom. The minimum atomic E-state index is -4.57. The Morgan fingerprint density at radius 1 is 1.15 bits per heavy atom. The molecule has 2 aromatic heterocycles. The number of carboxylic acids is 2. The zero-order valence-electron chi connectivity index (χ0n) is 21.8. The van der Waals surface area contributed by atoms with Gasteiger partial charge in [-0.15, -0.1) is 0 Å². The number of aromatic nitrogens is 3. The molecule has 1 amide bonds. The topological polar surface area (TPSA) is 158 Å². The van der Waals surface area contributed by atoms with E-state index in [1.165, 1.54) is 19.6 Å². The molecule has 2 aliphatic rings. The molecule has 216 valence electrons. The number of anilines is 2. The molecule has 0 spiro atoms. The van der Waals surface area contributed by atoms with Gasteiger partial charge in [-0.3, -0.25) is 4.79 Å². The molecule has 0 radical (unpaired) electrons. The molecule has 40 heavy (non-hydrogen) atoms. The number of nitrogens with one attached hydrogen (secondary N) is 1. The molecule has 1 fully saturated rings. The third-order valence-electron chi connectivity index (χ3n) is 6.26. The molecule has 4 heterocycles. The second-order valence-corrected chi connectivity index (χ2v) is 8.90. The average molecular weight is 567 g/mol. The lowest BCUT2D eigenvalue weighted by Gasteiger charge is -2.31. The van der Waals surface area contributed by atoms with Gasteiger partial charge in [0.1, 0.15) is 17.7 Å². The van der Waals surface area contributed by atoms with Crippen molar-refractivity contribution in [1.29, 1.82) is 0 Å². The maximum atomic E-state index is 13.4. The third kappa shape index (κ3) is 7.80. The number of carbonyl (C=O) groups excluding carboxylic acids is 1.